The fourth-order valence-electron chi connectivity index (χ4n) is 9.73. The lowest BCUT2D eigenvalue weighted by molar-refractivity contribution is 0.0808. The quantitative estimate of drug-likeness (QED) is 0.429. The predicted octanol–water partition coefficient (Wildman–Crippen LogP) is 4.86. The number of benzene rings is 2. The molecule has 1 saturated carbocycles. The third-order valence-corrected chi connectivity index (χ3v) is 11.6. The van der Waals surface area contributed by atoms with E-state index in [9.17, 15) is 5.11 Å². The molecule has 9 rings (SSSR count). The van der Waals surface area contributed by atoms with E-state index in [0.717, 1.165) is 62.4 Å². The summed E-state index contributed by atoms with van der Waals surface area (Å²) in [5.74, 6) is 0.750. The minimum atomic E-state index is -1.11. The Bertz CT molecular complexity index is 1630. The molecule has 232 valence electrons. The second-order valence-corrected chi connectivity index (χ2v) is 14.2. The molecule has 44 heavy (non-hydrogen) atoms. The van der Waals surface area contributed by atoms with Crippen LogP contribution in [0, 0.1) is 5.82 Å². The van der Waals surface area contributed by atoms with Gasteiger partial charge in [-0.3, -0.25) is 4.90 Å². The minimum Gasteiger partial charge on any atom is -0.508 e. The Kier molecular flexibility index (Phi) is 6.08. The van der Waals surface area contributed by atoms with Gasteiger partial charge in [-0.25, -0.2) is 8.78 Å². The third-order valence-electron chi connectivity index (χ3n) is 11.6. The van der Waals surface area contributed by atoms with Crippen LogP contribution in [0.15, 0.2) is 30.3 Å². The van der Waals surface area contributed by atoms with Gasteiger partial charge in [0.1, 0.15) is 29.7 Å². The molecular weight excluding hydrogens is 562 g/mol. The van der Waals surface area contributed by atoms with Crippen LogP contribution < -0.4 is 19.9 Å². The van der Waals surface area contributed by atoms with Gasteiger partial charge in [-0.2, -0.15) is 9.97 Å². The van der Waals surface area contributed by atoms with Crippen molar-refractivity contribution in [3.63, 3.8) is 0 Å². The molecule has 6 aliphatic rings. The minimum absolute atomic E-state index is 0.0102. The van der Waals surface area contributed by atoms with Crippen molar-refractivity contribution in [2.24, 2.45) is 0 Å². The summed E-state index contributed by atoms with van der Waals surface area (Å²) in [6.07, 6.45) is 8.15. The van der Waals surface area contributed by atoms with Gasteiger partial charge in [0.15, 0.2) is 0 Å². The molecule has 0 radical (unpaired) electrons. The number of aromatic hydroxyl groups is 1. The number of nitrogens with one attached hydrogen (secondary N) is 1. The molecule has 4 saturated heterocycles. The molecule has 5 fully saturated rings. The van der Waals surface area contributed by atoms with Gasteiger partial charge >= 0.3 is 6.01 Å². The van der Waals surface area contributed by atoms with Crippen molar-refractivity contribution in [1.82, 2.24) is 20.2 Å². The molecule has 5 atom stereocenters. The van der Waals surface area contributed by atoms with E-state index in [-0.39, 0.29) is 23.1 Å². The van der Waals surface area contributed by atoms with E-state index < -0.39 is 5.67 Å². The summed E-state index contributed by atoms with van der Waals surface area (Å²) >= 11 is 0. The number of phenolic OH excluding ortho intramolecular Hbond substituents is 1. The molecule has 1 aliphatic carbocycles. The van der Waals surface area contributed by atoms with Crippen LogP contribution in [0.1, 0.15) is 62.6 Å². The van der Waals surface area contributed by atoms with Crippen LogP contribution in [0.2, 0.25) is 0 Å². The smallest absolute Gasteiger partial charge is 0.318 e. The number of anilines is 2. The number of hydrogen-bond acceptors (Lipinski definition) is 8. The molecule has 1 aromatic heterocycles. The molecule has 5 unspecified atom stereocenters. The zero-order valence-corrected chi connectivity index (χ0v) is 25.1. The highest BCUT2D eigenvalue weighted by Gasteiger charge is 2.63. The van der Waals surface area contributed by atoms with Crippen LogP contribution in [0.3, 0.4) is 0 Å². The number of nitrogens with zero attached hydrogens (tertiary/aromatic N) is 5. The van der Waals surface area contributed by atoms with Crippen molar-refractivity contribution < 1.29 is 18.6 Å². The lowest BCUT2D eigenvalue weighted by Gasteiger charge is -2.38. The Balaban J connectivity index is 1.07. The van der Waals surface area contributed by atoms with Crippen LogP contribution in [-0.4, -0.2) is 82.1 Å². The Hall–Kier alpha value is -3.24. The number of phenols is 1. The van der Waals surface area contributed by atoms with E-state index >= 15 is 8.78 Å². The summed E-state index contributed by atoms with van der Waals surface area (Å²) in [7, 11) is 0. The number of halogens is 2. The third kappa shape index (κ3) is 4.20. The van der Waals surface area contributed by atoms with Crippen LogP contribution in [0.5, 0.6) is 11.8 Å². The SMILES string of the molecule is Oc1cc(N2CCc3c(nc(OCC45CCCN4C4CCCC4(F)C5)nc3N3CC4CCC(C3)N4)C2)c2c(F)cccc2c1. The number of alkyl halides is 1. The Morgan fingerprint density at radius 2 is 1.89 bits per heavy atom. The zero-order valence-electron chi connectivity index (χ0n) is 25.1. The van der Waals surface area contributed by atoms with Crippen molar-refractivity contribution in [3.8, 4) is 11.8 Å². The average molecular weight is 603 g/mol. The van der Waals surface area contributed by atoms with E-state index in [1.165, 1.54) is 18.9 Å². The highest BCUT2D eigenvalue weighted by Crippen LogP contribution is 2.55. The second-order valence-electron chi connectivity index (χ2n) is 14.2. The Labute approximate surface area is 256 Å². The van der Waals surface area contributed by atoms with E-state index in [0.29, 0.717) is 73.5 Å². The normalized spacial score (nSPS) is 32.7. The first kappa shape index (κ1) is 27.1. The summed E-state index contributed by atoms with van der Waals surface area (Å²) < 4.78 is 37.7. The van der Waals surface area contributed by atoms with Gasteiger partial charge in [0.25, 0.3) is 0 Å². The topological polar surface area (TPSA) is 77.0 Å². The maximum Gasteiger partial charge on any atom is 0.318 e. The molecule has 0 amide bonds. The number of rotatable bonds is 5. The molecule has 5 aliphatic heterocycles. The standard InChI is InChI=1S/C34H40F2N6O2/c35-26-5-1-4-21-14-24(43)15-28(30(21)26)40-13-9-25-27(18-40)38-32(39-31(25)41-16-22-7-8-23(17-41)37-22)44-20-33-10-3-12-42(33)29-6-2-11-34(29,36)19-33/h1,4-5,14-15,22-23,29,37,43H,2-3,6-13,16-20H2. The van der Waals surface area contributed by atoms with E-state index in [1.54, 1.807) is 18.2 Å². The summed E-state index contributed by atoms with van der Waals surface area (Å²) in [6, 6.07) is 9.50. The van der Waals surface area contributed by atoms with Crippen LogP contribution in [0.25, 0.3) is 10.8 Å². The highest BCUT2D eigenvalue weighted by molar-refractivity contribution is 5.96. The van der Waals surface area contributed by atoms with Crippen LogP contribution in [-0.2, 0) is 13.0 Å². The second kappa shape index (κ2) is 9.88. The van der Waals surface area contributed by atoms with Gasteiger partial charge in [0.05, 0.1) is 23.5 Å². The monoisotopic (exact) mass is 602 g/mol. The molecule has 2 bridgehead atoms. The van der Waals surface area contributed by atoms with Gasteiger partial charge in [-0.15, -0.1) is 0 Å². The molecule has 0 spiro atoms. The van der Waals surface area contributed by atoms with Crippen molar-refractivity contribution in [1.29, 1.82) is 0 Å². The first-order chi connectivity index (χ1) is 21.4. The molecular formula is C34H40F2N6O2. The first-order valence-electron chi connectivity index (χ1n) is 16.5. The van der Waals surface area contributed by atoms with Gasteiger partial charge in [-0.1, -0.05) is 12.1 Å². The molecule has 10 heteroatoms. The zero-order chi connectivity index (χ0) is 29.6. The lowest BCUT2D eigenvalue weighted by Crippen LogP contribution is -2.52. The Morgan fingerprint density at radius 1 is 1.02 bits per heavy atom. The maximum absolute atomic E-state index is 16.0. The summed E-state index contributed by atoms with van der Waals surface area (Å²) in [5.41, 5.74) is 1.26. The van der Waals surface area contributed by atoms with Gasteiger partial charge in [0.2, 0.25) is 0 Å². The number of aromatic nitrogens is 2. The fraction of sp³-hybridized carbons (Fsp3) is 0.588. The first-order valence-corrected chi connectivity index (χ1v) is 16.5. The van der Waals surface area contributed by atoms with E-state index in [2.05, 4.69) is 20.0 Å². The van der Waals surface area contributed by atoms with Crippen molar-refractivity contribution in [2.75, 3.05) is 42.6 Å². The van der Waals surface area contributed by atoms with Gasteiger partial charge < -0.3 is 25.0 Å². The number of hydrogen-bond donors (Lipinski definition) is 2. The van der Waals surface area contributed by atoms with Crippen molar-refractivity contribution >= 4 is 22.3 Å². The molecule has 2 aromatic carbocycles. The molecule has 6 heterocycles. The predicted molar refractivity (Wildman–Crippen MR) is 165 cm³/mol. The molecule has 2 N–H and O–H groups in total. The summed E-state index contributed by atoms with van der Waals surface area (Å²) in [4.78, 5) is 17.0. The lowest BCUT2D eigenvalue weighted by atomic mass is 9.88. The molecule has 3 aromatic rings. The van der Waals surface area contributed by atoms with Gasteiger partial charge in [0, 0.05) is 61.2 Å². The largest absolute Gasteiger partial charge is 0.508 e. The van der Waals surface area contributed by atoms with E-state index in [4.69, 9.17) is 14.7 Å². The van der Waals surface area contributed by atoms with Crippen LogP contribution >= 0.6 is 0 Å². The summed E-state index contributed by atoms with van der Waals surface area (Å²) in [5, 5.41) is 15.4. The van der Waals surface area contributed by atoms with Crippen molar-refractivity contribution in [2.45, 2.75) is 93.7 Å². The van der Waals surface area contributed by atoms with Crippen molar-refractivity contribution in [3.05, 3.63) is 47.4 Å². The number of fused-ring (bicyclic) bond motifs is 7. The average Bonchev–Trinajstić information content (AvgIpc) is 3.73. The fourth-order valence-corrected chi connectivity index (χ4v) is 9.73. The van der Waals surface area contributed by atoms with Gasteiger partial charge in [-0.05, 0) is 75.4 Å². The highest BCUT2D eigenvalue weighted by atomic mass is 19.1. The maximum atomic E-state index is 16.0. The van der Waals surface area contributed by atoms with Crippen LogP contribution in [0.4, 0.5) is 20.3 Å². The summed E-state index contributed by atoms with van der Waals surface area (Å²) in [6.45, 7) is 4.24. The number of ether oxygens (including phenoxy) is 1. The molecule has 8 nitrogen and oxygen atoms in total. The Morgan fingerprint density at radius 3 is 2.75 bits per heavy atom. The number of piperazine rings is 1. The van der Waals surface area contributed by atoms with E-state index in [1.807, 2.05) is 6.07 Å².